The van der Waals surface area contributed by atoms with E-state index in [-0.39, 0.29) is 5.41 Å². The van der Waals surface area contributed by atoms with E-state index in [0.717, 1.165) is 44.8 Å². The number of hydrogen-bond acceptors (Lipinski definition) is 4. The van der Waals surface area contributed by atoms with Gasteiger partial charge in [0.2, 0.25) is 0 Å². The summed E-state index contributed by atoms with van der Waals surface area (Å²) in [6.07, 6.45) is 2.84. The Hall–Kier alpha value is -1.10. The first-order valence-electron chi connectivity index (χ1n) is 7.27. The van der Waals surface area contributed by atoms with Gasteiger partial charge in [0.25, 0.3) is 0 Å². The van der Waals surface area contributed by atoms with Crippen molar-refractivity contribution in [1.82, 2.24) is 0 Å². The van der Waals surface area contributed by atoms with Crippen LogP contribution in [0.3, 0.4) is 0 Å². The molecule has 0 amide bonds. The van der Waals surface area contributed by atoms with Crippen LogP contribution in [-0.2, 0) is 15.9 Å². The van der Waals surface area contributed by atoms with Gasteiger partial charge in [-0.3, -0.25) is 0 Å². The van der Waals surface area contributed by atoms with Gasteiger partial charge in [-0.15, -0.1) is 0 Å². The number of para-hydroxylation sites is 1. The highest BCUT2D eigenvalue weighted by molar-refractivity contribution is 5.36. The normalized spacial score (nSPS) is 21.3. The third-order valence-electron chi connectivity index (χ3n) is 3.92. The molecule has 0 aromatic heterocycles. The van der Waals surface area contributed by atoms with Crippen molar-refractivity contribution in [3.05, 3.63) is 29.8 Å². The van der Waals surface area contributed by atoms with E-state index in [2.05, 4.69) is 12.1 Å². The number of benzene rings is 1. The lowest BCUT2D eigenvalue weighted by Gasteiger charge is -2.37. The quantitative estimate of drug-likeness (QED) is 0.740. The molecule has 20 heavy (non-hydrogen) atoms. The fraction of sp³-hybridized carbons (Fsp3) is 0.625. The van der Waals surface area contributed by atoms with Crippen molar-refractivity contribution in [3.8, 4) is 5.75 Å². The third-order valence-corrected chi connectivity index (χ3v) is 3.92. The van der Waals surface area contributed by atoms with Crippen LogP contribution >= 0.6 is 0 Å². The summed E-state index contributed by atoms with van der Waals surface area (Å²) >= 11 is 0. The van der Waals surface area contributed by atoms with Gasteiger partial charge in [0, 0.05) is 38.9 Å². The number of nitrogens with two attached hydrogens (primary N) is 1. The maximum atomic E-state index is 6.00. The Morgan fingerprint density at radius 1 is 1.25 bits per heavy atom. The summed E-state index contributed by atoms with van der Waals surface area (Å²) in [5.41, 5.74) is 7.27. The second kappa shape index (κ2) is 7.62. The molecule has 4 heteroatoms. The molecule has 1 heterocycles. The fourth-order valence-electron chi connectivity index (χ4n) is 2.57. The van der Waals surface area contributed by atoms with Gasteiger partial charge in [0.15, 0.2) is 0 Å². The molecule has 0 saturated carbocycles. The summed E-state index contributed by atoms with van der Waals surface area (Å²) in [4.78, 5) is 0. The number of fused-ring (bicyclic) bond motifs is 1. The molecule has 4 nitrogen and oxygen atoms in total. The Balaban J connectivity index is 1.82. The van der Waals surface area contributed by atoms with Crippen LogP contribution in [0.2, 0.25) is 0 Å². The van der Waals surface area contributed by atoms with Crippen LogP contribution in [-0.4, -0.2) is 40.1 Å². The Kier molecular flexibility index (Phi) is 5.83. The second-order valence-electron chi connectivity index (χ2n) is 5.49. The van der Waals surface area contributed by atoms with Crippen molar-refractivity contribution < 1.29 is 14.2 Å². The summed E-state index contributed by atoms with van der Waals surface area (Å²) < 4.78 is 16.5. The van der Waals surface area contributed by atoms with Gasteiger partial charge in [-0.2, -0.15) is 0 Å². The van der Waals surface area contributed by atoms with Crippen molar-refractivity contribution in [2.75, 3.05) is 40.1 Å². The molecule has 0 spiro atoms. The van der Waals surface area contributed by atoms with E-state index in [1.807, 2.05) is 12.1 Å². The molecule has 2 N–H and O–H groups in total. The molecule has 0 saturated heterocycles. The van der Waals surface area contributed by atoms with Crippen LogP contribution in [0.15, 0.2) is 24.3 Å². The van der Waals surface area contributed by atoms with Crippen LogP contribution in [0.25, 0.3) is 0 Å². The van der Waals surface area contributed by atoms with Gasteiger partial charge in [-0.25, -0.2) is 0 Å². The molecular weight excluding hydrogens is 254 g/mol. The van der Waals surface area contributed by atoms with Crippen LogP contribution in [0.5, 0.6) is 5.75 Å². The Labute approximate surface area is 121 Å². The highest BCUT2D eigenvalue weighted by atomic mass is 16.5. The highest BCUT2D eigenvalue weighted by Crippen LogP contribution is 2.36. The highest BCUT2D eigenvalue weighted by Gasteiger charge is 2.34. The van der Waals surface area contributed by atoms with E-state index in [0.29, 0.717) is 13.2 Å². The number of hydrogen-bond donors (Lipinski definition) is 1. The lowest BCUT2D eigenvalue weighted by atomic mass is 9.78. The average Bonchev–Trinajstić information content (AvgIpc) is 2.50. The smallest absolute Gasteiger partial charge is 0.122 e. The standard InChI is InChI=1S/C16H25NO3/c1-18-8-4-9-19-10-7-16(12-17)11-14-5-2-3-6-15(14)20-13-16/h2-3,5-6H,4,7-13,17H2,1H3. The molecule has 1 aliphatic rings. The monoisotopic (exact) mass is 279 g/mol. The Morgan fingerprint density at radius 3 is 2.90 bits per heavy atom. The molecule has 2 rings (SSSR count). The van der Waals surface area contributed by atoms with Gasteiger partial charge in [0.1, 0.15) is 5.75 Å². The summed E-state index contributed by atoms with van der Waals surface area (Å²) in [5.74, 6) is 0.998. The lowest BCUT2D eigenvalue weighted by molar-refractivity contribution is 0.0506. The summed E-state index contributed by atoms with van der Waals surface area (Å²) in [6.45, 7) is 3.53. The fourth-order valence-corrected chi connectivity index (χ4v) is 2.57. The molecule has 1 aromatic carbocycles. The largest absolute Gasteiger partial charge is 0.493 e. The van der Waals surface area contributed by atoms with E-state index in [4.69, 9.17) is 19.9 Å². The summed E-state index contributed by atoms with van der Waals surface area (Å²) in [7, 11) is 1.71. The molecule has 0 radical (unpaired) electrons. The van der Waals surface area contributed by atoms with E-state index in [9.17, 15) is 0 Å². The minimum atomic E-state index is 0.00953. The van der Waals surface area contributed by atoms with Crippen LogP contribution in [0, 0.1) is 5.41 Å². The first-order valence-corrected chi connectivity index (χ1v) is 7.27. The zero-order valence-electron chi connectivity index (χ0n) is 12.3. The van der Waals surface area contributed by atoms with Crippen molar-refractivity contribution >= 4 is 0 Å². The van der Waals surface area contributed by atoms with E-state index in [1.54, 1.807) is 7.11 Å². The van der Waals surface area contributed by atoms with Crippen molar-refractivity contribution in [3.63, 3.8) is 0 Å². The number of ether oxygens (including phenoxy) is 3. The molecule has 1 aliphatic heterocycles. The van der Waals surface area contributed by atoms with Crippen molar-refractivity contribution in [1.29, 1.82) is 0 Å². The van der Waals surface area contributed by atoms with E-state index >= 15 is 0 Å². The molecule has 0 fully saturated rings. The van der Waals surface area contributed by atoms with Gasteiger partial charge < -0.3 is 19.9 Å². The SMILES string of the molecule is COCCCOCCC1(CN)COc2ccccc2C1. The summed E-state index contributed by atoms with van der Waals surface area (Å²) in [5, 5.41) is 0. The molecular formula is C16H25NO3. The zero-order chi connectivity index (χ0) is 14.3. The first-order chi connectivity index (χ1) is 9.79. The minimum absolute atomic E-state index is 0.00953. The van der Waals surface area contributed by atoms with Gasteiger partial charge >= 0.3 is 0 Å². The third kappa shape index (κ3) is 3.95. The topological polar surface area (TPSA) is 53.7 Å². The van der Waals surface area contributed by atoms with Gasteiger partial charge in [-0.05, 0) is 30.9 Å². The maximum absolute atomic E-state index is 6.00. The Bertz CT molecular complexity index is 410. The predicted octanol–water partition coefficient (Wildman–Crippen LogP) is 2.01. The minimum Gasteiger partial charge on any atom is -0.493 e. The van der Waals surface area contributed by atoms with Crippen LogP contribution in [0.1, 0.15) is 18.4 Å². The maximum Gasteiger partial charge on any atom is 0.122 e. The zero-order valence-corrected chi connectivity index (χ0v) is 12.3. The van der Waals surface area contributed by atoms with E-state index in [1.165, 1.54) is 5.56 Å². The molecule has 1 unspecified atom stereocenters. The van der Waals surface area contributed by atoms with Crippen LogP contribution < -0.4 is 10.5 Å². The molecule has 1 atom stereocenters. The molecule has 0 bridgehead atoms. The average molecular weight is 279 g/mol. The van der Waals surface area contributed by atoms with Gasteiger partial charge in [-0.1, -0.05) is 18.2 Å². The number of methoxy groups -OCH3 is 1. The van der Waals surface area contributed by atoms with Crippen LogP contribution in [0.4, 0.5) is 0 Å². The summed E-state index contributed by atoms with van der Waals surface area (Å²) in [6, 6.07) is 8.21. The number of rotatable bonds is 8. The molecule has 0 aliphatic carbocycles. The second-order valence-corrected chi connectivity index (χ2v) is 5.49. The van der Waals surface area contributed by atoms with Crippen molar-refractivity contribution in [2.24, 2.45) is 11.1 Å². The molecule has 112 valence electrons. The Morgan fingerprint density at radius 2 is 2.10 bits per heavy atom. The van der Waals surface area contributed by atoms with Gasteiger partial charge in [0.05, 0.1) is 6.61 Å². The first kappa shape index (κ1) is 15.3. The van der Waals surface area contributed by atoms with E-state index < -0.39 is 0 Å². The lowest BCUT2D eigenvalue weighted by Crippen LogP contribution is -2.42. The van der Waals surface area contributed by atoms with Crippen molar-refractivity contribution in [2.45, 2.75) is 19.3 Å². The molecule has 1 aromatic rings. The predicted molar refractivity (Wildman–Crippen MR) is 79.1 cm³/mol.